The molecular formula is C18H19N5OS2. The zero-order chi connectivity index (χ0) is 18.1. The Labute approximate surface area is 160 Å². The third-order valence-corrected chi connectivity index (χ3v) is 7.19. The highest BCUT2D eigenvalue weighted by molar-refractivity contribution is 8.01. The van der Waals surface area contributed by atoms with Crippen molar-refractivity contribution in [3.63, 3.8) is 0 Å². The summed E-state index contributed by atoms with van der Waals surface area (Å²) >= 11 is 2.71. The Balaban J connectivity index is 1.40. The van der Waals surface area contributed by atoms with Gasteiger partial charge in [0.2, 0.25) is 5.01 Å². The van der Waals surface area contributed by atoms with Crippen LogP contribution in [-0.4, -0.2) is 46.2 Å². The number of nitrogens with zero attached hydrogens (tertiary/aromatic N) is 4. The van der Waals surface area contributed by atoms with E-state index in [1.54, 1.807) is 0 Å². The first-order valence-electron chi connectivity index (χ1n) is 8.70. The largest absolute Gasteiger partial charge is 0.347 e. The van der Waals surface area contributed by atoms with Crippen LogP contribution in [0.4, 0.5) is 0 Å². The number of nitriles is 1. The summed E-state index contributed by atoms with van der Waals surface area (Å²) in [5.41, 5.74) is 0.674. The number of nitrogens with one attached hydrogen (secondary N) is 1. The van der Waals surface area contributed by atoms with Crippen molar-refractivity contribution in [1.82, 2.24) is 20.4 Å². The zero-order valence-electron chi connectivity index (χ0n) is 14.4. The molecule has 2 aromatic rings. The third kappa shape index (κ3) is 3.47. The van der Waals surface area contributed by atoms with Gasteiger partial charge in [-0.25, -0.2) is 0 Å². The first-order chi connectivity index (χ1) is 12.6. The first-order valence-corrected chi connectivity index (χ1v) is 10.3. The molecule has 8 heteroatoms. The molecule has 4 heterocycles. The number of carbonyl (C=O) groups is 1. The van der Waals surface area contributed by atoms with Gasteiger partial charge >= 0.3 is 0 Å². The lowest BCUT2D eigenvalue weighted by Crippen LogP contribution is -2.62. The smallest absolute Gasteiger partial charge is 0.251 e. The van der Waals surface area contributed by atoms with E-state index in [-0.39, 0.29) is 11.9 Å². The van der Waals surface area contributed by atoms with Crippen LogP contribution in [0.2, 0.25) is 0 Å². The van der Waals surface area contributed by atoms with E-state index in [1.807, 2.05) is 30.3 Å². The minimum Gasteiger partial charge on any atom is -0.347 e. The maximum Gasteiger partial charge on any atom is 0.251 e. The molecule has 6 nitrogen and oxygen atoms in total. The Morgan fingerprint density at radius 3 is 2.65 bits per heavy atom. The number of hydrogen-bond donors (Lipinski definition) is 1. The van der Waals surface area contributed by atoms with Gasteiger partial charge in [-0.05, 0) is 63.0 Å². The van der Waals surface area contributed by atoms with Crippen LogP contribution in [-0.2, 0) is 0 Å². The Bertz CT molecular complexity index is 834. The van der Waals surface area contributed by atoms with E-state index in [0.717, 1.165) is 22.3 Å². The van der Waals surface area contributed by atoms with E-state index >= 15 is 0 Å². The second-order valence-electron chi connectivity index (χ2n) is 6.72. The molecule has 1 aromatic heterocycles. The molecule has 3 aliphatic heterocycles. The Hall–Kier alpha value is -1.95. The second kappa shape index (κ2) is 7.35. The number of piperidine rings is 3. The molecule has 3 fully saturated rings. The van der Waals surface area contributed by atoms with Crippen LogP contribution in [0.5, 0.6) is 0 Å². The van der Waals surface area contributed by atoms with Crippen molar-refractivity contribution in [2.24, 2.45) is 5.92 Å². The summed E-state index contributed by atoms with van der Waals surface area (Å²) in [6, 6.07) is 10.1. The molecule has 1 amide bonds. The van der Waals surface area contributed by atoms with Crippen molar-refractivity contribution in [3.8, 4) is 6.07 Å². The van der Waals surface area contributed by atoms with Gasteiger partial charge in [-0.2, -0.15) is 5.26 Å². The Kier molecular flexibility index (Phi) is 4.94. The number of amides is 1. The maximum atomic E-state index is 12.7. The molecule has 0 spiro atoms. The van der Waals surface area contributed by atoms with Gasteiger partial charge in [-0.15, -0.1) is 10.2 Å². The first kappa shape index (κ1) is 17.5. The molecule has 2 atom stereocenters. The summed E-state index contributed by atoms with van der Waals surface area (Å²) in [5.74, 6) is 0.593. The number of benzene rings is 1. The molecule has 5 rings (SSSR count). The predicted octanol–water partition coefficient (Wildman–Crippen LogP) is 2.77. The van der Waals surface area contributed by atoms with Crippen LogP contribution in [0.3, 0.4) is 0 Å². The Morgan fingerprint density at radius 2 is 2.04 bits per heavy atom. The number of carbonyl (C=O) groups excluding carboxylic acids is 1. The SMILES string of the molecule is C[C@H]1[C@H](NC(=O)c2ccc(Sc3nnc(C#N)s3)cc2)C2CCN1CC2. The van der Waals surface area contributed by atoms with Crippen LogP contribution in [0, 0.1) is 17.2 Å². The standard InChI is InChI=1S/C18H19N5OS2/c1-11-16(12-6-8-23(11)9-7-12)20-17(24)13-2-4-14(5-3-13)25-18-22-21-15(10-19)26-18/h2-5,11-12,16H,6-9H2,1H3,(H,20,24)/t11-,16-/m0/s1. The molecule has 0 radical (unpaired) electrons. The molecule has 0 aliphatic carbocycles. The minimum atomic E-state index is -0.00479. The lowest BCUT2D eigenvalue weighted by atomic mass is 9.79. The van der Waals surface area contributed by atoms with Crippen LogP contribution >= 0.6 is 23.1 Å². The summed E-state index contributed by atoms with van der Waals surface area (Å²) < 4.78 is 0.722. The third-order valence-electron chi connectivity index (χ3n) is 5.30. The normalized spacial score (nSPS) is 27.1. The molecular weight excluding hydrogens is 366 g/mol. The highest BCUT2D eigenvalue weighted by Gasteiger charge is 2.40. The van der Waals surface area contributed by atoms with Gasteiger partial charge in [0.05, 0.1) is 0 Å². The van der Waals surface area contributed by atoms with Crippen molar-refractivity contribution in [2.45, 2.75) is 41.1 Å². The predicted molar refractivity (Wildman–Crippen MR) is 100 cm³/mol. The van der Waals surface area contributed by atoms with Crippen molar-refractivity contribution in [3.05, 3.63) is 34.8 Å². The summed E-state index contributed by atoms with van der Waals surface area (Å²) in [4.78, 5) is 16.1. The van der Waals surface area contributed by atoms with E-state index in [1.165, 1.54) is 35.9 Å². The van der Waals surface area contributed by atoms with E-state index in [9.17, 15) is 4.79 Å². The summed E-state index contributed by atoms with van der Waals surface area (Å²) in [6.45, 7) is 4.53. The molecule has 26 heavy (non-hydrogen) atoms. The van der Waals surface area contributed by atoms with Crippen molar-refractivity contribution >= 4 is 29.0 Å². The molecule has 0 saturated carbocycles. The molecule has 1 N–H and O–H groups in total. The summed E-state index contributed by atoms with van der Waals surface area (Å²) in [7, 11) is 0. The average Bonchev–Trinajstić information content (AvgIpc) is 3.13. The lowest BCUT2D eigenvalue weighted by molar-refractivity contribution is 0.0217. The monoisotopic (exact) mass is 385 g/mol. The number of aromatic nitrogens is 2. The van der Waals surface area contributed by atoms with E-state index in [4.69, 9.17) is 5.26 Å². The fourth-order valence-electron chi connectivity index (χ4n) is 3.85. The maximum absolute atomic E-state index is 12.7. The average molecular weight is 386 g/mol. The van der Waals surface area contributed by atoms with Crippen LogP contribution in [0.1, 0.15) is 35.1 Å². The van der Waals surface area contributed by atoms with Gasteiger partial charge in [-0.3, -0.25) is 9.69 Å². The number of hydrogen-bond acceptors (Lipinski definition) is 7. The molecule has 3 saturated heterocycles. The second-order valence-corrected chi connectivity index (χ2v) is 9.02. The van der Waals surface area contributed by atoms with Gasteiger partial charge in [0.25, 0.3) is 5.91 Å². The van der Waals surface area contributed by atoms with Crippen molar-refractivity contribution < 1.29 is 4.79 Å². The quantitative estimate of drug-likeness (QED) is 0.871. The summed E-state index contributed by atoms with van der Waals surface area (Å²) in [5, 5.41) is 20.2. The Morgan fingerprint density at radius 1 is 1.31 bits per heavy atom. The lowest BCUT2D eigenvalue weighted by Gasteiger charge is -2.49. The van der Waals surface area contributed by atoms with Crippen molar-refractivity contribution in [1.29, 1.82) is 5.26 Å². The molecule has 1 aromatic carbocycles. The van der Waals surface area contributed by atoms with E-state index in [2.05, 4.69) is 27.3 Å². The van der Waals surface area contributed by atoms with Gasteiger partial charge < -0.3 is 5.32 Å². The van der Waals surface area contributed by atoms with E-state index < -0.39 is 0 Å². The molecule has 3 aliphatic rings. The summed E-state index contributed by atoms with van der Waals surface area (Å²) in [6.07, 6.45) is 2.36. The van der Waals surface area contributed by atoms with Gasteiger partial charge in [0.15, 0.2) is 4.34 Å². The fraction of sp³-hybridized carbons (Fsp3) is 0.444. The van der Waals surface area contributed by atoms with Crippen LogP contribution in [0.15, 0.2) is 33.5 Å². The minimum absolute atomic E-state index is 0.00479. The topological polar surface area (TPSA) is 81.9 Å². The zero-order valence-corrected chi connectivity index (χ0v) is 16.0. The molecule has 2 bridgehead atoms. The fourth-order valence-corrected chi connectivity index (χ4v) is 5.47. The van der Waals surface area contributed by atoms with Crippen molar-refractivity contribution in [2.75, 3.05) is 13.1 Å². The molecule has 0 unspecified atom stereocenters. The van der Waals surface area contributed by atoms with Gasteiger partial charge in [0.1, 0.15) is 6.07 Å². The van der Waals surface area contributed by atoms with Crippen LogP contribution < -0.4 is 5.32 Å². The van der Waals surface area contributed by atoms with E-state index in [0.29, 0.717) is 22.5 Å². The van der Waals surface area contributed by atoms with Crippen LogP contribution in [0.25, 0.3) is 0 Å². The van der Waals surface area contributed by atoms with Gasteiger partial charge in [0, 0.05) is 22.5 Å². The van der Waals surface area contributed by atoms with Gasteiger partial charge in [-0.1, -0.05) is 23.1 Å². The molecule has 134 valence electrons. The number of rotatable bonds is 4. The highest BCUT2D eigenvalue weighted by Crippen LogP contribution is 2.33. The highest BCUT2D eigenvalue weighted by atomic mass is 32.2. The number of fused-ring (bicyclic) bond motifs is 3.